The molecule has 1 aromatic heterocycles. The lowest BCUT2D eigenvalue weighted by Crippen LogP contribution is -2.28. The summed E-state index contributed by atoms with van der Waals surface area (Å²) < 4.78 is 5.08. The van der Waals surface area contributed by atoms with Crippen LogP contribution in [0.25, 0.3) is 0 Å². The molecule has 0 aliphatic carbocycles. The molecule has 20 heavy (non-hydrogen) atoms. The van der Waals surface area contributed by atoms with E-state index >= 15 is 0 Å². The first kappa shape index (κ1) is 14.1. The molecule has 5 heteroatoms. The van der Waals surface area contributed by atoms with Crippen molar-refractivity contribution in [3.05, 3.63) is 42.0 Å². The third-order valence-corrected chi connectivity index (χ3v) is 3.20. The minimum Gasteiger partial charge on any atom is -0.481 e. The Morgan fingerprint density at radius 3 is 2.55 bits per heavy atom. The molecule has 1 aromatic carbocycles. The number of anilines is 2. The highest BCUT2D eigenvalue weighted by Gasteiger charge is 2.20. The van der Waals surface area contributed by atoms with Crippen LogP contribution >= 0.6 is 0 Å². The molecule has 3 N–H and O–H groups in total. The second kappa shape index (κ2) is 5.77. The number of nitrogens with two attached hydrogens (primary N) is 1. The zero-order valence-electron chi connectivity index (χ0n) is 12.1. The largest absolute Gasteiger partial charge is 0.481 e. The lowest BCUT2D eigenvalue weighted by molar-refractivity contribution is 0.398. The Hall–Kier alpha value is -2.30. The van der Waals surface area contributed by atoms with E-state index in [-0.39, 0.29) is 11.4 Å². The highest BCUT2D eigenvalue weighted by Crippen LogP contribution is 2.24. The van der Waals surface area contributed by atoms with Gasteiger partial charge in [-0.15, -0.1) is 0 Å². The Bertz CT molecular complexity index is 569. The van der Waals surface area contributed by atoms with Crippen LogP contribution in [0.5, 0.6) is 5.88 Å². The smallest absolute Gasteiger partial charge is 0.225 e. The molecule has 0 saturated heterocycles. The van der Waals surface area contributed by atoms with Crippen LogP contribution in [0, 0.1) is 0 Å². The fourth-order valence-corrected chi connectivity index (χ4v) is 1.94. The van der Waals surface area contributed by atoms with E-state index in [9.17, 15) is 0 Å². The van der Waals surface area contributed by atoms with E-state index < -0.39 is 0 Å². The molecule has 0 saturated carbocycles. The van der Waals surface area contributed by atoms with Crippen molar-refractivity contribution < 1.29 is 4.74 Å². The molecular formula is C15H20N4O. The zero-order valence-corrected chi connectivity index (χ0v) is 12.1. The van der Waals surface area contributed by atoms with Crippen molar-refractivity contribution >= 4 is 11.8 Å². The summed E-state index contributed by atoms with van der Waals surface area (Å²) in [6.45, 7) is 5.09. The van der Waals surface area contributed by atoms with Crippen LogP contribution in [0.1, 0.15) is 19.4 Å². The number of aromatic nitrogens is 2. The fraction of sp³-hybridized carbons (Fsp3) is 0.333. The first-order chi connectivity index (χ1) is 9.51. The molecule has 0 fully saturated rings. The van der Waals surface area contributed by atoms with E-state index in [1.807, 2.05) is 18.2 Å². The van der Waals surface area contributed by atoms with Gasteiger partial charge in [-0.3, -0.25) is 0 Å². The summed E-state index contributed by atoms with van der Waals surface area (Å²) in [5.74, 6) is 1.32. The fourth-order valence-electron chi connectivity index (χ4n) is 1.94. The maximum absolute atomic E-state index is 5.64. The summed E-state index contributed by atoms with van der Waals surface area (Å²) in [4.78, 5) is 8.11. The van der Waals surface area contributed by atoms with E-state index in [1.165, 1.54) is 5.56 Å². The van der Waals surface area contributed by atoms with E-state index in [0.717, 1.165) is 6.54 Å². The van der Waals surface area contributed by atoms with Gasteiger partial charge in [0.1, 0.15) is 5.82 Å². The predicted octanol–water partition coefficient (Wildman–Crippen LogP) is 2.46. The Labute approximate surface area is 119 Å². The molecule has 2 aromatic rings. The number of ether oxygens (including phenoxy) is 1. The van der Waals surface area contributed by atoms with Crippen LogP contribution in [0.4, 0.5) is 11.8 Å². The summed E-state index contributed by atoms with van der Waals surface area (Å²) in [6.07, 6.45) is 0. The van der Waals surface area contributed by atoms with Gasteiger partial charge < -0.3 is 15.8 Å². The van der Waals surface area contributed by atoms with E-state index in [0.29, 0.717) is 11.7 Å². The quantitative estimate of drug-likeness (QED) is 0.874. The number of benzene rings is 1. The number of nitrogens with zero attached hydrogens (tertiary/aromatic N) is 2. The number of rotatable bonds is 5. The third kappa shape index (κ3) is 3.38. The molecule has 0 aliphatic rings. The maximum Gasteiger partial charge on any atom is 0.225 e. The topological polar surface area (TPSA) is 73.1 Å². The van der Waals surface area contributed by atoms with Gasteiger partial charge in [-0.2, -0.15) is 9.97 Å². The SMILES string of the molecule is COc1cc(NCC(C)(C)c2ccccc2)nc(N)n1. The van der Waals surface area contributed by atoms with Gasteiger partial charge in [0, 0.05) is 18.0 Å². The molecule has 0 aliphatic heterocycles. The number of hydrogen-bond donors (Lipinski definition) is 2. The van der Waals surface area contributed by atoms with Crippen molar-refractivity contribution in [2.45, 2.75) is 19.3 Å². The minimum atomic E-state index is -0.0196. The van der Waals surface area contributed by atoms with Gasteiger partial charge in [-0.1, -0.05) is 44.2 Å². The van der Waals surface area contributed by atoms with Crippen molar-refractivity contribution in [1.82, 2.24) is 9.97 Å². The Morgan fingerprint density at radius 1 is 1.20 bits per heavy atom. The van der Waals surface area contributed by atoms with Crippen LogP contribution in [0.3, 0.4) is 0 Å². The molecule has 0 amide bonds. The zero-order chi connectivity index (χ0) is 14.6. The molecule has 2 rings (SSSR count). The van der Waals surface area contributed by atoms with Crippen LogP contribution in [0.2, 0.25) is 0 Å². The molecule has 106 valence electrons. The van der Waals surface area contributed by atoms with Crippen LogP contribution in [0.15, 0.2) is 36.4 Å². The summed E-state index contributed by atoms with van der Waals surface area (Å²) in [6, 6.07) is 12.1. The van der Waals surface area contributed by atoms with Gasteiger partial charge in [-0.05, 0) is 5.56 Å². The van der Waals surface area contributed by atoms with Crippen LogP contribution in [-0.2, 0) is 5.41 Å². The van der Waals surface area contributed by atoms with E-state index in [1.54, 1.807) is 13.2 Å². The monoisotopic (exact) mass is 272 g/mol. The van der Waals surface area contributed by atoms with E-state index in [2.05, 4.69) is 41.3 Å². The highest BCUT2D eigenvalue weighted by atomic mass is 16.5. The van der Waals surface area contributed by atoms with Crippen LogP contribution in [-0.4, -0.2) is 23.6 Å². The minimum absolute atomic E-state index is 0.0196. The predicted molar refractivity (Wildman–Crippen MR) is 81.0 cm³/mol. The second-order valence-corrected chi connectivity index (χ2v) is 5.26. The van der Waals surface area contributed by atoms with Gasteiger partial charge >= 0.3 is 0 Å². The Balaban J connectivity index is 2.10. The van der Waals surface area contributed by atoms with Gasteiger partial charge in [0.2, 0.25) is 11.8 Å². The van der Waals surface area contributed by atoms with Gasteiger partial charge in [0.25, 0.3) is 0 Å². The molecule has 0 atom stereocenters. The van der Waals surface area contributed by atoms with Crippen molar-refractivity contribution in [3.63, 3.8) is 0 Å². The van der Waals surface area contributed by atoms with Gasteiger partial charge in [-0.25, -0.2) is 0 Å². The first-order valence-corrected chi connectivity index (χ1v) is 6.49. The molecule has 0 spiro atoms. The summed E-state index contributed by atoms with van der Waals surface area (Å²) >= 11 is 0. The summed E-state index contributed by atoms with van der Waals surface area (Å²) in [7, 11) is 1.56. The Morgan fingerprint density at radius 2 is 1.90 bits per heavy atom. The summed E-state index contributed by atoms with van der Waals surface area (Å²) in [5.41, 5.74) is 6.89. The molecule has 0 unspecified atom stereocenters. The Kier molecular flexibility index (Phi) is 4.08. The molecule has 5 nitrogen and oxygen atoms in total. The average molecular weight is 272 g/mol. The molecule has 0 bridgehead atoms. The van der Waals surface area contributed by atoms with Crippen molar-refractivity contribution in [3.8, 4) is 5.88 Å². The lowest BCUT2D eigenvalue weighted by Gasteiger charge is -2.26. The highest BCUT2D eigenvalue weighted by molar-refractivity contribution is 5.43. The number of nitrogen functional groups attached to an aromatic ring is 1. The van der Waals surface area contributed by atoms with Crippen molar-refractivity contribution in [2.24, 2.45) is 0 Å². The summed E-state index contributed by atoms with van der Waals surface area (Å²) in [5, 5.41) is 3.29. The van der Waals surface area contributed by atoms with Gasteiger partial charge in [0.05, 0.1) is 7.11 Å². The van der Waals surface area contributed by atoms with Crippen molar-refractivity contribution in [1.29, 1.82) is 0 Å². The van der Waals surface area contributed by atoms with Gasteiger partial charge in [0.15, 0.2) is 0 Å². The third-order valence-electron chi connectivity index (χ3n) is 3.20. The second-order valence-electron chi connectivity index (χ2n) is 5.26. The maximum atomic E-state index is 5.64. The first-order valence-electron chi connectivity index (χ1n) is 6.49. The van der Waals surface area contributed by atoms with E-state index in [4.69, 9.17) is 10.5 Å². The standard InChI is InChI=1S/C15H20N4O/c1-15(2,11-7-5-4-6-8-11)10-17-12-9-13(20-3)19-14(16)18-12/h4-9H,10H2,1-3H3,(H3,16,17,18,19). The van der Waals surface area contributed by atoms with Crippen molar-refractivity contribution in [2.75, 3.05) is 24.7 Å². The normalized spacial score (nSPS) is 11.2. The average Bonchev–Trinajstić information content (AvgIpc) is 2.45. The number of nitrogens with one attached hydrogen (secondary N) is 1. The van der Waals surface area contributed by atoms with Crippen LogP contribution < -0.4 is 15.8 Å². The number of methoxy groups -OCH3 is 1. The lowest BCUT2D eigenvalue weighted by atomic mass is 9.85. The molecular weight excluding hydrogens is 252 g/mol. The number of hydrogen-bond acceptors (Lipinski definition) is 5. The molecule has 1 heterocycles. The molecule has 0 radical (unpaired) electrons.